The topological polar surface area (TPSA) is 82.7 Å². The van der Waals surface area contributed by atoms with E-state index in [1.807, 2.05) is 6.92 Å². The zero-order chi connectivity index (χ0) is 14.5. The van der Waals surface area contributed by atoms with Gasteiger partial charge in [-0.05, 0) is 19.9 Å². The fourth-order valence-electron chi connectivity index (χ4n) is 1.78. The number of carbonyl (C=O) groups excluding carboxylic acids is 1. The molecule has 0 aliphatic heterocycles. The van der Waals surface area contributed by atoms with Gasteiger partial charge in [-0.25, -0.2) is 14.4 Å². The number of hydrogen-bond donors (Lipinski definition) is 3. The number of carbonyl (C=O) groups is 1. The SMILES string of the molecule is CCNc1ncc(F)cc1C(=O)NC(C)c1ncc[nH]1. The molecule has 0 fully saturated rings. The van der Waals surface area contributed by atoms with E-state index in [0.717, 1.165) is 12.3 Å². The van der Waals surface area contributed by atoms with Crippen LogP contribution in [0, 0.1) is 5.82 Å². The van der Waals surface area contributed by atoms with Crippen LogP contribution in [-0.2, 0) is 0 Å². The number of hydrogen-bond acceptors (Lipinski definition) is 4. The lowest BCUT2D eigenvalue weighted by molar-refractivity contribution is 0.0938. The Bertz CT molecular complexity index is 584. The van der Waals surface area contributed by atoms with Gasteiger partial charge in [-0.2, -0.15) is 0 Å². The van der Waals surface area contributed by atoms with Gasteiger partial charge in [0.2, 0.25) is 0 Å². The first-order valence-corrected chi connectivity index (χ1v) is 6.31. The molecule has 0 saturated carbocycles. The van der Waals surface area contributed by atoms with Gasteiger partial charge in [0.05, 0.1) is 17.8 Å². The second kappa shape index (κ2) is 6.14. The average molecular weight is 277 g/mol. The molecule has 0 spiro atoms. The number of nitrogens with zero attached hydrogens (tertiary/aromatic N) is 2. The van der Waals surface area contributed by atoms with E-state index in [4.69, 9.17) is 0 Å². The summed E-state index contributed by atoms with van der Waals surface area (Å²) >= 11 is 0. The molecule has 20 heavy (non-hydrogen) atoms. The lowest BCUT2D eigenvalue weighted by Gasteiger charge is -2.14. The molecule has 1 atom stereocenters. The van der Waals surface area contributed by atoms with E-state index in [2.05, 4.69) is 25.6 Å². The van der Waals surface area contributed by atoms with Crippen LogP contribution >= 0.6 is 0 Å². The van der Waals surface area contributed by atoms with Crippen molar-refractivity contribution in [1.29, 1.82) is 0 Å². The first kappa shape index (κ1) is 14.0. The molecule has 0 saturated heterocycles. The molecule has 2 heterocycles. The van der Waals surface area contributed by atoms with Crippen LogP contribution in [0.15, 0.2) is 24.7 Å². The number of amides is 1. The molecule has 1 amide bonds. The van der Waals surface area contributed by atoms with Crippen molar-refractivity contribution in [3.63, 3.8) is 0 Å². The molecule has 0 aromatic carbocycles. The first-order chi connectivity index (χ1) is 9.61. The molecule has 106 valence electrons. The third-order valence-corrected chi connectivity index (χ3v) is 2.72. The number of pyridine rings is 1. The van der Waals surface area contributed by atoms with Gasteiger partial charge in [-0.1, -0.05) is 0 Å². The van der Waals surface area contributed by atoms with E-state index in [-0.39, 0.29) is 11.6 Å². The Morgan fingerprint density at radius 2 is 2.30 bits per heavy atom. The first-order valence-electron chi connectivity index (χ1n) is 6.31. The standard InChI is InChI=1S/C13H16FN5O/c1-3-15-12-10(6-9(14)7-18-12)13(20)19-8(2)11-16-4-5-17-11/h4-8H,3H2,1-2H3,(H,15,18)(H,16,17)(H,19,20). The van der Waals surface area contributed by atoms with Gasteiger partial charge in [0.15, 0.2) is 0 Å². The summed E-state index contributed by atoms with van der Waals surface area (Å²) in [4.78, 5) is 23.1. The fourth-order valence-corrected chi connectivity index (χ4v) is 1.78. The summed E-state index contributed by atoms with van der Waals surface area (Å²) in [5, 5.41) is 5.68. The number of nitrogens with one attached hydrogen (secondary N) is 3. The molecule has 6 nitrogen and oxygen atoms in total. The van der Waals surface area contributed by atoms with E-state index in [9.17, 15) is 9.18 Å². The summed E-state index contributed by atoms with van der Waals surface area (Å²) in [6.45, 7) is 4.25. The summed E-state index contributed by atoms with van der Waals surface area (Å²) in [5.74, 6) is 0.0325. The lowest BCUT2D eigenvalue weighted by atomic mass is 10.2. The largest absolute Gasteiger partial charge is 0.370 e. The highest BCUT2D eigenvalue weighted by molar-refractivity contribution is 5.98. The maximum Gasteiger partial charge on any atom is 0.255 e. The van der Waals surface area contributed by atoms with Gasteiger partial charge in [0.1, 0.15) is 17.5 Å². The fraction of sp³-hybridized carbons (Fsp3) is 0.308. The van der Waals surface area contributed by atoms with Crippen molar-refractivity contribution >= 4 is 11.7 Å². The molecule has 3 N–H and O–H groups in total. The van der Waals surface area contributed by atoms with Gasteiger partial charge in [-0.3, -0.25) is 4.79 Å². The molecule has 0 aliphatic rings. The van der Waals surface area contributed by atoms with Crippen LogP contribution in [0.1, 0.15) is 36.1 Å². The van der Waals surface area contributed by atoms with Crippen molar-refractivity contribution in [1.82, 2.24) is 20.3 Å². The Hall–Kier alpha value is -2.44. The highest BCUT2D eigenvalue weighted by Crippen LogP contribution is 2.15. The molecule has 0 aliphatic carbocycles. The molecular formula is C13H16FN5O. The van der Waals surface area contributed by atoms with Gasteiger partial charge < -0.3 is 15.6 Å². The molecule has 0 radical (unpaired) electrons. The van der Waals surface area contributed by atoms with Crippen LogP contribution in [-0.4, -0.2) is 27.4 Å². The van der Waals surface area contributed by atoms with Crippen molar-refractivity contribution in [3.8, 4) is 0 Å². The van der Waals surface area contributed by atoms with Crippen LogP contribution in [0.4, 0.5) is 10.2 Å². The number of halogens is 1. The van der Waals surface area contributed by atoms with E-state index < -0.39 is 11.7 Å². The summed E-state index contributed by atoms with van der Waals surface area (Å²) in [6.07, 6.45) is 4.35. The average Bonchev–Trinajstić information content (AvgIpc) is 2.95. The minimum Gasteiger partial charge on any atom is -0.370 e. The van der Waals surface area contributed by atoms with Crippen LogP contribution in [0.5, 0.6) is 0 Å². The van der Waals surface area contributed by atoms with Crippen molar-refractivity contribution in [2.24, 2.45) is 0 Å². The summed E-state index contributed by atoms with van der Waals surface area (Å²) in [5.41, 5.74) is 0.172. The van der Waals surface area contributed by atoms with Gasteiger partial charge in [-0.15, -0.1) is 0 Å². The zero-order valence-corrected chi connectivity index (χ0v) is 11.3. The summed E-state index contributed by atoms with van der Waals surface area (Å²) in [6, 6.07) is 0.852. The third kappa shape index (κ3) is 3.11. The highest BCUT2D eigenvalue weighted by atomic mass is 19.1. The van der Waals surface area contributed by atoms with Crippen LogP contribution in [0.25, 0.3) is 0 Å². The van der Waals surface area contributed by atoms with E-state index >= 15 is 0 Å². The van der Waals surface area contributed by atoms with Crippen molar-refractivity contribution in [2.75, 3.05) is 11.9 Å². The number of anilines is 1. The molecular weight excluding hydrogens is 261 g/mol. The van der Waals surface area contributed by atoms with Gasteiger partial charge in [0, 0.05) is 18.9 Å². The van der Waals surface area contributed by atoms with Crippen molar-refractivity contribution < 1.29 is 9.18 Å². The highest BCUT2D eigenvalue weighted by Gasteiger charge is 2.17. The zero-order valence-electron chi connectivity index (χ0n) is 11.3. The minimum atomic E-state index is -0.553. The van der Waals surface area contributed by atoms with Crippen LogP contribution < -0.4 is 10.6 Å². The van der Waals surface area contributed by atoms with E-state index in [0.29, 0.717) is 18.2 Å². The van der Waals surface area contributed by atoms with Gasteiger partial charge >= 0.3 is 0 Å². The Morgan fingerprint density at radius 3 is 2.95 bits per heavy atom. The Balaban J connectivity index is 2.18. The quantitative estimate of drug-likeness (QED) is 0.779. The van der Waals surface area contributed by atoms with Crippen LogP contribution in [0.2, 0.25) is 0 Å². The Morgan fingerprint density at radius 1 is 1.50 bits per heavy atom. The number of imidazole rings is 1. The molecule has 2 aromatic heterocycles. The number of H-pyrrole nitrogens is 1. The number of aromatic nitrogens is 3. The lowest BCUT2D eigenvalue weighted by Crippen LogP contribution is -2.28. The van der Waals surface area contributed by atoms with Crippen molar-refractivity contribution in [3.05, 3.63) is 41.9 Å². The molecule has 0 bridgehead atoms. The normalized spacial score (nSPS) is 11.9. The third-order valence-electron chi connectivity index (χ3n) is 2.72. The molecule has 2 rings (SSSR count). The van der Waals surface area contributed by atoms with Crippen molar-refractivity contribution in [2.45, 2.75) is 19.9 Å². The van der Waals surface area contributed by atoms with E-state index in [1.54, 1.807) is 19.3 Å². The monoisotopic (exact) mass is 277 g/mol. The number of aromatic amines is 1. The Kier molecular flexibility index (Phi) is 4.29. The maximum atomic E-state index is 13.3. The predicted octanol–water partition coefficient (Wildman–Crippen LogP) is 1.87. The molecule has 2 aromatic rings. The second-order valence-electron chi connectivity index (χ2n) is 4.25. The summed E-state index contributed by atoms with van der Waals surface area (Å²) < 4.78 is 13.3. The smallest absolute Gasteiger partial charge is 0.255 e. The molecule has 7 heteroatoms. The molecule has 1 unspecified atom stereocenters. The van der Waals surface area contributed by atoms with Crippen LogP contribution in [0.3, 0.4) is 0 Å². The predicted molar refractivity (Wildman–Crippen MR) is 72.8 cm³/mol. The van der Waals surface area contributed by atoms with E-state index in [1.165, 1.54) is 0 Å². The van der Waals surface area contributed by atoms with Gasteiger partial charge in [0.25, 0.3) is 5.91 Å². The Labute approximate surface area is 115 Å². The maximum absolute atomic E-state index is 13.3. The summed E-state index contributed by atoms with van der Waals surface area (Å²) in [7, 11) is 0. The number of rotatable bonds is 5. The minimum absolute atomic E-state index is 0.172. The second-order valence-corrected chi connectivity index (χ2v) is 4.25.